The number of rotatable bonds is 4. The summed E-state index contributed by atoms with van der Waals surface area (Å²) in [6.45, 7) is 0.322. The fourth-order valence-corrected chi connectivity index (χ4v) is 2.11. The zero-order chi connectivity index (χ0) is 13.5. The molecule has 1 fully saturated rings. The largest absolute Gasteiger partial charge is 0.480 e. The van der Waals surface area contributed by atoms with Gasteiger partial charge < -0.3 is 15.4 Å². The predicted octanol–water partition coefficient (Wildman–Crippen LogP) is 1.04. The second-order valence-corrected chi connectivity index (χ2v) is 4.82. The molecule has 6 nitrogen and oxygen atoms in total. The number of hydrogen-bond acceptors (Lipinski definition) is 3. The zero-order valence-corrected chi connectivity index (χ0v) is 10.1. The molecule has 1 aromatic carbocycles. The molecule has 0 saturated heterocycles. The van der Waals surface area contributed by atoms with Gasteiger partial charge >= 0.3 is 5.97 Å². The minimum absolute atomic E-state index is 0.322. The van der Waals surface area contributed by atoms with Crippen LogP contribution in [0.15, 0.2) is 24.5 Å². The molecule has 98 valence electrons. The standard InChI is InChI=1S/C13H13N3O3/c17-11(13(3-4-13)12(18)19)14-6-8-1-2-9-10(5-8)16-7-15-9/h1-2,5,7H,3-4,6H2,(H,14,17)(H,15,16)(H,18,19). The Hall–Kier alpha value is -2.37. The fraction of sp³-hybridized carbons (Fsp3) is 0.308. The first kappa shape index (κ1) is 11.7. The van der Waals surface area contributed by atoms with Crippen molar-refractivity contribution < 1.29 is 14.7 Å². The highest BCUT2D eigenvalue weighted by Gasteiger charge is 2.56. The number of carbonyl (C=O) groups is 2. The van der Waals surface area contributed by atoms with Gasteiger partial charge in [0.15, 0.2) is 0 Å². The van der Waals surface area contributed by atoms with E-state index in [1.807, 2.05) is 18.2 Å². The van der Waals surface area contributed by atoms with Crippen LogP contribution in [0.4, 0.5) is 0 Å². The summed E-state index contributed by atoms with van der Waals surface area (Å²) in [4.78, 5) is 29.9. The first-order valence-corrected chi connectivity index (χ1v) is 6.05. The van der Waals surface area contributed by atoms with Gasteiger partial charge in [-0.1, -0.05) is 6.07 Å². The van der Waals surface area contributed by atoms with E-state index in [4.69, 9.17) is 5.11 Å². The van der Waals surface area contributed by atoms with Crippen LogP contribution in [0.5, 0.6) is 0 Å². The summed E-state index contributed by atoms with van der Waals surface area (Å²) < 4.78 is 0. The third kappa shape index (κ3) is 1.95. The van der Waals surface area contributed by atoms with Crippen molar-refractivity contribution in [3.05, 3.63) is 30.1 Å². The summed E-state index contributed by atoms with van der Waals surface area (Å²) in [5.74, 6) is -1.43. The van der Waals surface area contributed by atoms with E-state index >= 15 is 0 Å². The van der Waals surface area contributed by atoms with Crippen molar-refractivity contribution in [1.82, 2.24) is 15.3 Å². The van der Waals surface area contributed by atoms with Crippen LogP contribution in [0.2, 0.25) is 0 Å². The lowest BCUT2D eigenvalue weighted by Gasteiger charge is -2.10. The van der Waals surface area contributed by atoms with E-state index in [2.05, 4.69) is 15.3 Å². The molecule has 0 aliphatic heterocycles. The molecule has 1 aliphatic carbocycles. The topological polar surface area (TPSA) is 95.1 Å². The lowest BCUT2D eigenvalue weighted by molar-refractivity contribution is -0.149. The highest BCUT2D eigenvalue weighted by atomic mass is 16.4. The summed E-state index contributed by atoms with van der Waals surface area (Å²) >= 11 is 0. The molecular weight excluding hydrogens is 246 g/mol. The molecule has 2 aromatic rings. The smallest absolute Gasteiger partial charge is 0.319 e. The van der Waals surface area contributed by atoms with Crippen LogP contribution < -0.4 is 5.32 Å². The molecule has 0 unspecified atom stereocenters. The van der Waals surface area contributed by atoms with Gasteiger partial charge in [0.05, 0.1) is 17.4 Å². The lowest BCUT2D eigenvalue weighted by Crippen LogP contribution is -2.36. The molecule has 1 heterocycles. The monoisotopic (exact) mass is 259 g/mol. The number of hydrogen-bond donors (Lipinski definition) is 3. The highest BCUT2D eigenvalue weighted by Crippen LogP contribution is 2.46. The number of nitrogens with one attached hydrogen (secondary N) is 2. The first-order chi connectivity index (χ1) is 9.12. The van der Waals surface area contributed by atoms with Crippen molar-refractivity contribution in [1.29, 1.82) is 0 Å². The number of aliphatic carboxylic acids is 1. The van der Waals surface area contributed by atoms with Crippen molar-refractivity contribution >= 4 is 22.9 Å². The molecule has 0 bridgehead atoms. The van der Waals surface area contributed by atoms with Crippen molar-refractivity contribution in [3.63, 3.8) is 0 Å². The Bertz CT molecular complexity index is 658. The van der Waals surface area contributed by atoms with Crippen LogP contribution in [-0.2, 0) is 16.1 Å². The van der Waals surface area contributed by atoms with Crippen molar-refractivity contribution in [3.8, 4) is 0 Å². The normalized spacial score (nSPS) is 16.2. The van der Waals surface area contributed by atoms with E-state index in [1.54, 1.807) is 6.33 Å². The number of fused-ring (bicyclic) bond motifs is 1. The number of aromatic amines is 1. The Labute approximate surface area is 108 Å². The number of carboxylic acid groups (broad SMARTS) is 1. The quantitative estimate of drug-likeness (QED) is 0.715. The Morgan fingerprint density at radius 2 is 2.21 bits per heavy atom. The Morgan fingerprint density at radius 3 is 2.89 bits per heavy atom. The molecule has 0 atom stereocenters. The number of carbonyl (C=O) groups excluding carboxylic acids is 1. The lowest BCUT2D eigenvalue weighted by atomic mass is 10.1. The van der Waals surface area contributed by atoms with Crippen LogP contribution in [0.3, 0.4) is 0 Å². The maximum absolute atomic E-state index is 11.8. The second-order valence-electron chi connectivity index (χ2n) is 4.82. The second kappa shape index (κ2) is 4.08. The zero-order valence-electron chi connectivity index (χ0n) is 10.1. The molecule has 19 heavy (non-hydrogen) atoms. The van der Waals surface area contributed by atoms with Gasteiger partial charge in [-0.25, -0.2) is 4.98 Å². The number of imidazole rings is 1. The SMILES string of the molecule is O=C(O)C1(C(=O)NCc2ccc3nc[nH]c3c2)CC1. The van der Waals surface area contributed by atoms with E-state index in [1.165, 1.54) is 0 Å². The molecule has 3 N–H and O–H groups in total. The third-order valence-electron chi connectivity index (χ3n) is 3.53. The van der Waals surface area contributed by atoms with E-state index in [-0.39, 0.29) is 0 Å². The fourth-order valence-electron chi connectivity index (χ4n) is 2.11. The number of amides is 1. The van der Waals surface area contributed by atoms with Gasteiger partial charge in [0.2, 0.25) is 5.91 Å². The Kier molecular flexibility index (Phi) is 2.51. The molecule has 6 heteroatoms. The Balaban J connectivity index is 1.69. The van der Waals surface area contributed by atoms with E-state index in [9.17, 15) is 9.59 Å². The van der Waals surface area contributed by atoms with Gasteiger partial charge in [-0.2, -0.15) is 0 Å². The van der Waals surface area contributed by atoms with Crippen LogP contribution in [0, 0.1) is 5.41 Å². The van der Waals surface area contributed by atoms with Crippen LogP contribution in [0.25, 0.3) is 11.0 Å². The summed E-state index contributed by atoms with van der Waals surface area (Å²) in [6.07, 6.45) is 2.46. The first-order valence-electron chi connectivity index (χ1n) is 6.05. The van der Waals surface area contributed by atoms with Gasteiger partial charge in [-0.3, -0.25) is 9.59 Å². The molecule has 1 saturated carbocycles. The van der Waals surface area contributed by atoms with E-state index in [0.29, 0.717) is 19.4 Å². The molecule has 1 amide bonds. The maximum Gasteiger partial charge on any atom is 0.319 e. The Morgan fingerprint density at radius 1 is 1.42 bits per heavy atom. The van der Waals surface area contributed by atoms with E-state index < -0.39 is 17.3 Å². The summed E-state index contributed by atoms with van der Waals surface area (Å²) in [5.41, 5.74) is 1.48. The van der Waals surface area contributed by atoms with Gasteiger partial charge in [-0.05, 0) is 30.5 Å². The minimum atomic E-state index is -1.18. The average molecular weight is 259 g/mol. The molecular formula is C13H13N3O3. The molecule has 1 aliphatic rings. The minimum Gasteiger partial charge on any atom is -0.480 e. The number of benzene rings is 1. The number of carboxylic acids is 1. The molecule has 0 spiro atoms. The van der Waals surface area contributed by atoms with Crippen molar-refractivity contribution in [2.45, 2.75) is 19.4 Å². The van der Waals surface area contributed by atoms with Crippen LogP contribution in [0.1, 0.15) is 18.4 Å². The summed E-state index contributed by atoms with van der Waals surface area (Å²) in [6, 6.07) is 5.62. The van der Waals surface area contributed by atoms with Crippen LogP contribution in [-0.4, -0.2) is 27.0 Å². The van der Waals surface area contributed by atoms with Gasteiger partial charge in [-0.15, -0.1) is 0 Å². The van der Waals surface area contributed by atoms with Gasteiger partial charge in [0.1, 0.15) is 5.41 Å². The third-order valence-corrected chi connectivity index (χ3v) is 3.53. The van der Waals surface area contributed by atoms with Gasteiger partial charge in [0, 0.05) is 6.54 Å². The van der Waals surface area contributed by atoms with Crippen LogP contribution >= 0.6 is 0 Å². The number of nitrogens with zero attached hydrogens (tertiary/aromatic N) is 1. The molecule has 1 aromatic heterocycles. The number of aromatic nitrogens is 2. The predicted molar refractivity (Wildman–Crippen MR) is 67.2 cm³/mol. The average Bonchev–Trinajstić information content (AvgIpc) is 3.09. The molecule has 3 rings (SSSR count). The van der Waals surface area contributed by atoms with Gasteiger partial charge in [0.25, 0.3) is 0 Å². The van der Waals surface area contributed by atoms with E-state index in [0.717, 1.165) is 16.6 Å². The van der Waals surface area contributed by atoms with Crippen molar-refractivity contribution in [2.75, 3.05) is 0 Å². The summed E-state index contributed by atoms with van der Waals surface area (Å²) in [5, 5.41) is 11.7. The maximum atomic E-state index is 11.8. The molecule has 0 radical (unpaired) electrons. The van der Waals surface area contributed by atoms with Crippen molar-refractivity contribution in [2.24, 2.45) is 5.41 Å². The number of H-pyrrole nitrogens is 1. The summed E-state index contributed by atoms with van der Waals surface area (Å²) in [7, 11) is 0. The highest BCUT2D eigenvalue weighted by molar-refractivity contribution is 6.04.